The predicted octanol–water partition coefficient (Wildman–Crippen LogP) is 3.12. The van der Waals surface area contributed by atoms with Crippen LogP contribution >= 0.6 is 0 Å². The Balaban J connectivity index is 2.19. The molecule has 1 saturated carbocycles. The highest BCUT2D eigenvalue weighted by Crippen LogP contribution is 2.36. The Kier molecular flexibility index (Phi) is 3.38. The van der Waals surface area contributed by atoms with E-state index in [-0.39, 0.29) is 11.6 Å². The first kappa shape index (κ1) is 13.6. The molecular formula is C12H11F4NO2. The van der Waals surface area contributed by atoms with Gasteiger partial charge in [-0.05, 0) is 37.0 Å². The summed E-state index contributed by atoms with van der Waals surface area (Å²) in [6.07, 6.45) is -3.19. The van der Waals surface area contributed by atoms with Crippen LogP contribution < -0.4 is 5.32 Å². The number of hydrogen-bond donors (Lipinski definition) is 2. The van der Waals surface area contributed by atoms with Crippen LogP contribution in [0, 0.1) is 11.7 Å². The van der Waals surface area contributed by atoms with Crippen LogP contribution in [-0.4, -0.2) is 17.1 Å². The smallest absolute Gasteiger partial charge is 0.416 e. The van der Waals surface area contributed by atoms with Gasteiger partial charge in [-0.3, -0.25) is 0 Å². The maximum absolute atomic E-state index is 13.5. The Morgan fingerprint density at radius 2 is 2.00 bits per heavy atom. The average Bonchev–Trinajstić information content (AvgIpc) is 3.09. The molecule has 2 rings (SSSR count). The Hall–Kier alpha value is -1.79. The van der Waals surface area contributed by atoms with Crippen molar-refractivity contribution in [2.24, 2.45) is 5.92 Å². The van der Waals surface area contributed by atoms with Gasteiger partial charge in [0.1, 0.15) is 11.9 Å². The predicted molar refractivity (Wildman–Crippen MR) is 59.2 cm³/mol. The van der Waals surface area contributed by atoms with E-state index < -0.39 is 29.6 Å². The van der Waals surface area contributed by atoms with Crippen LogP contribution in [0.5, 0.6) is 0 Å². The second kappa shape index (κ2) is 4.71. The summed E-state index contributed by atoms with van der Waals surface area (Å²) in [4.78, 5) is 11.0. The van der Waals surface area contributed by atoms with Gasteiger partial charge in [0.05, 0.1) is 11.3 Å². The highest BCUT2D eigenvalue weighted by Gasteiger charge is 2.37. The Morgan fingerprint density at radius 1 is 1.37 bits per heavy atom. The molecule has 0 bridgehead atoms. The molecule has 1 aliphatic carbocycles. The summed E-state index contributed by atoms with van der Waals surface area (Å²) < 4.78 is 50.6. The number of benzene rings is 1. The van der Waals surface area contributed by atoms with Crippen LogP contribution in [0.25, 0.3) is 0 Å². The normalized spacial score (nSPS) is 17.1. The van der Waals surface area contributed by atoms with Crippen LogP contribution in [0.15, 0.2) is 18.2 Å². The fourth-order valence-corrected chi connectivity index (χ4v) is 1.79. The number of anilines is 1. The first-order valence-corrected chi connectivity index (χ1v) is 5.65. The van der Waals surface area contributed by atoms with Crippen LogP contribution in [0.2, 0.25) is 0 Å². The lowest BCUT2D eigenvalue weighted by Crippen LogP contribution is -2.31. The molecule has 0 aliphatic heterocycles. The molecule has 7 heteroatoms. The van der Waals surface area contributed by atoms with E-state index in [9.17, 15) is 22.4 Å². The highest BCUT2D eigenvalue weighted by molar-refractivity contribution is 5.78. The molecule has 1 aromatic rings. The third kappa shape index (κ3) is 3.15. The van der Waals surface area contributed by atoms with E-state index in [1.165, 1.54) is 0 Å². The van der Waals surface area contributed by atoms with Crippen LogP contribution in [0.3, 0.4) is 0 Å². The molecule has 1 aliphatic rings. The summed E-state index contributed by atoms with van der Waals surface area (Å²) in [6.45, 7) is 0. The van der Waals surface area contributed by atoms with Crippen molar-refractivity contribution in [1.82, 2.24) is 0 Å². The van der Waals surface area contributed by atoms with Crippen molar-refractivity contribution in [2.45, 2.75) is 25.1 Å². The molecule has 0 spiro atoms. The fraction of sp³-hybridized carbons (Fsp3) is 0.417. The third-order valence-electron chi connectivity index (χ3n) is 2.97. The molecule has 104 valence electrons. The van der Waals surface area contributed by atoms with E-state index in [4.69, 9.17) is 5.11 Å². The summed E-state index contributed by atoms with van der Waals surface area (Å²) in [5, 5.41) is 11.4. The lowest BCUT2D eigenvalue weighted by molar-refractivity contribution is -0.139. The van der Waals surface area contributed by atoms with Crippen LogP contribution in [0.4, 0.5) is 23.2 Å². The van der Waals surface area contributed by atoms with E-state index >= 15 is 0 Å². The molecule has 1 unspecified atom stereocenters. The van der Waals surface area contributed by atoms with Crippen molar-refractivity contribution in [1.29, 1.82) is 0 Å². The van der Waals surface area contributed by atoms with Gasteiger partial charge in [-0.25, -0.2) is 9.18 Å². The summed E-state index contributed by atoms with van der Waals surface area (Å²) >= 11 is 0. The second-order valence-electron chi connectivity index (χ2n) is 4.49. The lowest BCUT2D eigenvalue weighted by Gasteiger charge is -2.16. The van der Waals surface area contributed by atoms with E-state index in [0.717, 1.165) is 12.1 Å². The molecule has 0 aromatic heterocycles. The number of nitrogens with one attached hydrogen (secondary N) is 1. The number of carboxylic acid groups (broad SMARTS) is 1. The van der Waals surface area contributed by atoms with Gasteiger partial charge < -0.3 is 10.4 Å². The van der Waals surface area contributed by atoms with Crippen LogP contribution in [0.1, 0.15) is 18.4 Å². The Bertz CT molecular complexity index is 497. The number of halogens is 4. The molecule has 1 aromatic carbocycles. The quantitative estimate of drug-likeness (QED) is 0.831. The maximum atomic E-state index is 13.5. The SMILES string of the molecule is O=C(O)C(Nc1ccc(C(F)(F)F)cc1F)C1CC1. The lowest BCUT2D eigenvalue weighted by atomic mass is 10.1. The number of carboxylic acids is 1. The molecule has 19 heavy (non-hydrogen) atoms. The molecule has 0 radical (unpaired) electrons. The van der Waals surface area contributed by atoms with E-state index in [1.807, 2.05) is 0 Å². The van der Waals surface area contributed by atoms with Gasteiger partial charge >= 0.3 is 12.1 Å². The number of aliphatic carboxylic acids is 1. The molecule has 0 heterocycles. The zero-order valence-electron chi connectivity index (χ0n) is 9.67. The second-order valence-corrected chi connectivity index (χ2v) is 4.49. The monoisotopic (exact) mass is 277 g/mol. The molecule has 0 amide bonds. The minimum atomic E-state index is -4.62. The molecular weight excluding hydrogens is 266 g/mol. The summed E-state index contributed by atoms with van der Waals surface area (Å²) in [5.41, 5.74) is -1.33. The van der Waals surface area contributed by atoms with Crippen molar-refractivity contribution in [3.63, 3.8) is 0 Å². The average molecular weight is 277 g/mol. The van der Waals surface area contributed by atoms with Gasteiger partial charge in [-0.1, -0.05) is 0 Å². The van der Waals surface area contributed by atoms with E-state index in [0.29, 0.717) is 18.9 Å². The topological polar surface area (TPSA) is 49.3 Å². The van der Waals surface area contributed by atoms with Gasteiger partial charge in [0.15, 0.2) is 0 Å². The van der Waals surface area contributed by atoms with E-state index in [2.05, 4.69) is 5.32 Å². The molecule has 0 saturated heterocycles. The zero-order chi connectivity index (χ0) is 14.2. The van der Waals surface area contributed by atoms with Crippen molar-refractivity contribution in [3.8, 4) is 0 Å². The first-order valence-electron chi connectivity index (χ1n) is 5.65. The van der Waals surface area contributed by atoms with Crippen molar-refractivity contribution in [2.75, 3.05) is 5.32 Å². The number of alkyl halides is 3. The van der Waals surface area contributed by atoms with Gasteiger partial charge in [0, 0.05) is 0 Å². The minimum Gasteiger partial charge on any atom is -0.480 e. The highest BCUT2D eigenvalue weighted by atomic mass is 19.4. The van der Waals surface area contributed by atoms with Crippen molar-refractivity contribution < 1.29 is 27.5 Å². The Morgan fingerprint density at radius 3 is 2.42 bits per heavy atom. The summed E-state index contributed by atoms with van der Waals surface area (Å²) in [7, 11) is 0. The number of carbonyl (C=O) groups is 1. The summed E-state index contributed by atoms with van der Waals surface area (Å²) in [6, 6.07) is 1.02. The van der Waals surface area contributed by atoms with E-state index in [1.54, 1.807) is 0 Å². The van der Waals surface area contributed by atoms with Gasteiger partial charge in [-0.15, -0.1) is 0 Å². The number of rotatable bonds is 4. The van der Waals surface area contributed by atoms with Gasteiger partial charge in [0.2, 0.25) is 0 Å². The van der Waals surface area contributed by atoms with Gasteiger partial charge in [0.25, 0.3) is 0 Å². The van der Waals surface area contributed by atoms with Crippen molar-refractivity contribution >= 4 is 11.7 Å². The van der Waals surface area contributed by atoms with Crippen LogP contribution in [-0.2, 0) is 11.0 Å². The Labute approximate surface area is 106 Å². The first-order chi connectivity index (χ1) is 8.79. The molecule has 1 atom stereocenters. The third-order valence-corrected chi connectivity index (χ3v) is 2.97. The largest absolute Gasteiger partial charge is 0.480 e. The molecule has 2 N–H and O–H groups in total. The molecule has 3 nitrogen and oxygen atoms in total. The molecule has 1 fully saturated rings. The fourth-order valence-electron chi connectivity index (χ4n) is 1.79. The number of hydrogen-bond acceptors (Lipinski definition) is 2. The standard InChI is InChI=1S/C12H11F4NO2/c13-8-5-7(12(14,15)16)3-4-9(8)17-10(11(18)19)6-1-2-6/h3-6,10,17H,1-2H2,(H,18,19). The maximum Gasteiger partial charge on any atom is 0.416 e. The summed E-state index contributed by atoms with van der Waals surface area (Å²) in [5.74, 6) is -2.34. The van der Waals surface area contributed by atoms with Gasteiger partial charge in [-0.2, -0.15) is 13.2 Å². The minimum absolute atomic E-state index is 0.0980. The van der Waals surface area contributed by atoms with Crippen molar-refractivity contribution in [3.05, 3.63) is 29.6 Å². The zero-order valence-corrected chi connectivity index (χ0v) is 9.67.